The third-order valence-corrected chi connectivity index (χ3v) is 5.65. The molecule has 0 fully saturated rings. The molecule has 31 heavy (non-hydrogen) atoms. The Balaban J connectivity index is 1.48. The lowest BCUT2D eigenvalue weighted by Crippen LogP contribution is -2.15. The fraction of sp³-hybridized carbons (Fsp3) is 0.273. The van der Waals surface area contributed by atoms with Crippen molar-refractivity contribution < 1.29 is 14.1 Å². The summed E-state index contributed by atoms with van der Waals surface area (Å²) in [5, 5.41) is 13.4. The minimum atomic E-state index is -0.387. The third kappa shape index (κ3) is 4.51. The Bertz CT molecular complexity index is 1220. The number of carbonyl (C=O) groups excluding carboxylic acids is 1. The molecule has 0 saturated heterocycles. The fourth-order valence-electron chi connectivity index (χ4n) is 3.04. The summed E-state index contributed by atoms with van der Waals surface area (Å²) in [4.78, 5) is 17.3. The van der Waals surface area contributed by atoms with E-state index in [4.69, 9.17) is 9.26 Å². The van der Waals surface area contributed by atoms with Crippen LogP contribution in [-0.2, 0) is 13.2 Å². The van der Waals surface area contributed by atoms with Crippen LogP contribution in [0, 0.1) is 20.8 Å². The summed E-state index contributed by atoms with van der Waals surface area (Å²) in [6.45, 7) is 8.73. The summed E-state index contributed by atoms with van der Waals surface area (Å²) < 4.78 is 13.1. The maximum atomic E-state index is 12.8. The van der Waals surface area contributed by atoms with Crippen LogP contribution in [0.15, 0.2) is 40.5 Å². The first-order chi connectivity index (χ1) is 14.9. The van der Waals surface area contributed by atoms with Gasteiger partial charge in [-0.3, -0.25) is 14.8 Å². The maximum absolute atomic E-state index is 12.8. The van der Waals surface area contributed by atoms with Gasteiger partial charge in [-0.05, 0) is 44.9 Å². The Morgan fingerprint density at radius 3 is 2.90 bits per heavy atom. The number of nitrogens with zero attached hydrogens (tertiary/aromatic N) is 4. The zero-order valence-corrected chi connectivity index (χ0v) is 18.6. The smallest absolute Gasteiger partial charge is 0.280 e. The van der Waals surface area contributed by atoms with Gasteiger partial charge >= 0.3 is 0 Å². The van der Waals surface area contributed by atoms with Gasteiger partial charge < -0.3 is 9.26 Å². The Morgan fingerprint density at radius 2 is 2.13 bits per heavy atom. The molecule has 0 aliphatic rings. The molecule has 8 nitrogen and oxygen atoms in total. The van der Waals surface area contributed by atoms with E-state index in [1.165, 1.54) is 11.3 Å². The molecule has 1 N–H and O–H groups in total. The van der Waals surface area contributed by atoms with Crippen molar-refractivity contribution in [2.45, 2.75) is 40.8 Å². The lowest BCUT2D eigenvalue weighted by Gasteiger charge is -2.10. The quantitative estimate of drug-likeness (QED) is 0.447. The van der Waals surface area contributed by atoms with Crippen molar-refractivity contribution in [3.63, 3.8) is 0 Å². The lowest BCUT2D eigenvalue weighted by atomic mass is 10.1. The second-order valence-electron chi connectivity index (χ2n) is 7.20. The molecule has 0 unspecified atom stereocenters. The molecule has 1 aromatic carbocycles. The van der Waals surface area contributed by atoms with Crippen LogP contribution in [-0.4, -0.2) is 25.8 Å². The van der Waals surface area contributed by atoms with Crippen LogP contribution in [0.5, 0.6) is 5.75 Å². The average Bonchev–Trinajstić information content (AvgIpc) is 3.48. The molecule has 0 radical (unpaired) electrons. The fourth-order valence-corrected chi connectivity index (χ4v) is 3.76. The minimum Gasteiger partial charge on any atom is -0.488 e. The van der Waals surface area contributed by atoms with Crippen LogP contribution in [0.3, 0.4) is 0 Å². The summed E-state index contributed by atoms with van der Waals surface area (Å²) >= 11 is 1.34. The topological polar surface area (TPSA) is 95.1 Å². The number of benzene rings is 1. The summed E-state index contributed by atoms with van der Waals surface area (Å²) in [5.74, 6) is 0.924. The first kappa shape index (κ1) is 20.8. The highest BCUT2D eigenvalue weighted by Gasteiger charge is 2.22. The normalized spacial score (nSPS) is 11.0. The number of hydrogen-bond acceptors (Lipinski definition) is 7. The van der Waals surface area contributed by atoms with E-state index in [9.17, 15) is 4.79 Å². The number of ether oxygens (including phenoxy) is 1. The van der Waals surface area contributed by atoms with Gasteiger partial charge in [0.15, 0.2) is 10.8 Å². The number of hydrogen-bond donors (Lipinski definition) is 1. The molecule has 0 spiro atoms. The van der Waals surface area contributed by atoms with Crippen molar-refractivity contribution in [1.29, 1.82) is 0 Å². The van der Waals surface area contributed by atoms with E-state index in [1.54, 1.807) is 13.1 Å². The van der Waals surface area contributed by atoms with E-state index in [2.05, 4.69) is 20.6 Å². The zero-order chi connectivity index (χ0) is 22.0. The highest BCUT2D eigenvalue weighted by molar-refractivity contribution is 7.14. The van der Waals surface area contributed by atoms with E-state index >= 15 is 0 Å². The number of amides is 1. The number of rotatable bonds is 7. The first-order valence-corrected chi connectivity index (χ1v) is 10.8. The highest BCUT2D eigenvalue weighted by atomic mass is 32.1. The molecule has 0 aliphatic carbocycles. The number of aromatic nitrogens is 4. The number of nitrogens with one attached hydrogen (secondary N) is 1. The van der Waals surface area contributed by atoms with E-state index < -0.39 is 0 Å². The predicted octanol–water partition coefficient (Wildman–Crippen LogP) is 4.77. The lowest BCUT2D eigenvalue weighted by molar-refractivity contribution is 0.101. The predicted molar refractivity (Wildman–Crippen MR) is 118 cm³/mol. The SMILES string of the molecule is CCn1cc(-c2csc(NC(=O)c3noc(C)c3COc3cc(C)ccc3C)n2)cn1. The largest absolute Gasteiger partial charge is 0.488 e. The second-order valence-corrected chi connectivity index (χ2v) is 8.06. The molecule has 0 aliphatic heterocycles. The van der Waals surface area contributed by atoms with E-state index in [0.29, 0.717) is 16.5 Å². The Labute approximate surface area is 183 Å². The minimum absolute atomic E-state index is 0.182. The molecule has 0 bridgehead atoms. The standard InChI is InChI=1S/C22H23N5O3S/c1-5-27-10-16(9-23-27)18-12-31-22(24-18)25-21(28)20-17(15(4)30-26-20)11-29-19-8-13(2)6-7-14(19)3/h6-10,12H,5,11H2,1-4H3,(H,24,25,28). The van der Waals surface area contributed by atoms with Crippen LogP contribution in [0.25, 0.3) is 11.3 Å². The van der Waals surface area contributed by atoms with Crippen LogP contribution in [0.1, 0.15) is 39.9 Å². The van der Waals surface area contributed by atoms with Crippen LogP contribution >= 0.6 is 11.3 Å². The van der Waals surface area contributed by atoms with Crippen molar-refractivity contribution in [1.82, 2.24) is 19.9 Å². The molecular weight excluding hydrogens is 414 g/mol. The van der Waals surface area contributed by atoms with Crippen molar-refractivity contribution in [2.75, 3.05) is 5.32 Å². The van der Waals surface area contributed by atoms with Crippen LogP contribution < -0.4 is 10.1 Å². The van der Waals surface area contributed by atoms with Crippen molar-refractivity contribution in [3.05, 3.63) is 64.1 Å². The highest BCUT2D eigenvalue weighted by Crippen LogP contribution is 2.26. The molecular formula is C22H23N5O3S. The Kier molecular flexibility index (Phi) is 5.85. The molecule has 3 heterocycles. The molecule has 0 atom stereocenters. The van der Waals surface area contributed by atoms with Gasteiger partial charge in [-0.2, -0.15) is 5.10 Å². The van der Waals surface area contributed by atoms with Gasteiger partial charge in [0.2, 0.25) is 0 Å². The summed E-state index contributed by atoms with van der Waals surface area (Å²) in [6.07, 6.45) is 3.68. The molecule has 4 aromatic rings. The number of anilines is 1. The van der Waals surface area contributed by atoms with E-state index in [1.807, 2.05) is 55.2 Å². The van der Waals surface area contributed by atoms with E-state index in [-0.39, 0.29) is 18.2 Å². The molecule has 1 amide bonds. The van der Waals surface area contributed by atoms with Crippen LogP contribution in [0.4, 0.5) is 5.13 Å². The number of aryl methyl sites for hydroxylation is 4. The molecule has 0 saturated carbocycles. The average molecular weight is 438 g/mol. The summed E-state index contributed by atoms with van der Waals surface area (Å²) in [5.41, 5.74) is 4.59. The number of thiazole rings is 1. The van der Waals surface area contributed by atoms with Gasteiger partial charge in [-0.25, -0.2) is 4.98 Å². The summed E-state index contributed by atoms with van der Waals surface area (Å²) in [7, 11) is 0. The number of carbonyl (C=O) groups is 1. The third-order valence-electron chi connectivity index (χ3n) is 4.89. The van der Waals surface area contributed by atoms with Crippen molar-refractivity contribution >= 4 is 22.4 Å². The van der Waals surface area contributed by atoms with Gasteiger partial charge in [-0.15, -0.1) is 11.3 Å². The van der Waals surface area contributed by atoms with Crippen molar-refractivity contribution in [2.24, 2.45) is 0 Å². The van der Waals surface area contributed by atoms with Crippen molar-refractivity contribution in [3.8, 4) is 17.0 Å². The first-order valence-electron chi connectivity index (χ1n) is 9.89. The molecule has 3 aromatic heterocycles. The maximum Gasteiger partial charge on any atom is 0.280 e. The van der Waals surface area contributed by atoms with E-state index in [0.717, 1.165) is 34.7 Å². The second kappa shape index (κ2) is 8.73. The van der Waals surface area contributed by atoms with Gasteiger partial charge in [0, 0.05) is 23.7 Å². The Morgan fingerprint density at radius 1 is 1.29 bits per heavy atom. The van der Waals surface area contributed by atoms with Gasteiger partial charge in [0.1, 0.15) is 18.1 Å². The van der Waals surface area contributed by atoms with Gasteiger partial charge in [0.05, 0.1) is 17.5 Å². The zero-order valence-electron chi connectivity index (χ0n) is 17.8. The molecule has 9 heteroatoms. The molecule has 160 valence electrons. The van der Waals surface area contributed by atoms with Gasteiger partial charge in [-0.1, -0.05) is 17.3 Å². The van der Waals surface area contributed by atoms with Crippen LogP contribution in [0.2, 0.25) is 0 Å². The Hall–Kier alpha value is -3.46. The summed E-state index contributed by atoms with van der Waals surface area (Å²) in [6, 6.07) is 6.00. The van der Waals surface area contributed by atoms with Gasteiger partial charge in [0.25, 0.3) is 5.91 Å². The molecule has 4 rings (SSSR count). The monoisotopic (exact) mass is 437 g/mol.